The van der Waals surface area contributed by atoms with Crippen molar-refractivity contribution in [3.8, 4) is 5.75 Å². The van der Waals surface area contributed by atoms with Crippen molar-refractivity contribution in [1.29, 1.82) is 0 Å². The van der Waals surface area contributed by atoms with E-state index in [-0.39, 0.29) is 16.4 Å². The highest BCUT2D eigenvalue weighted by molar-refractivity contribution is 6.04. The molecule has 7 unspecified atom stereocenters. The SMILES string of the molecule is CC1=C(C2=CCC(C3=CC=C(C4=CCC(C5(C6=CCCCC6)C6=CCCC[C@@]6(C)Oc6ccccc65)C=C4)C(C)C3)C=C2)NC(C)(C2(C)C=CCCC2)N=C1C1C=C[C@@H](C)CC1. The van der Waals surface area contributed by atoms with E-state index in [0.29, 0.717) is 29.6 Å². The molecular weight excluding hydrogens is 753 g/mol. The number of nitrogens with one attached hydrogen (secondary N) is 1. The maximum Gasteiger partial charge on any atom is 0.135 e. The van der Waals surface area contributed by atoms with Crippen LogP contribution >= 0.6 is 0 Å². The van der Waals surface area contributed by atoms with Crippen molar-refractivity contribution in [2.24, 2.45) is 40.0 Å². The molecule has 1 aromatic rings. The number of nitrogens with zero attached hydrogens (tertiary/aromatic N) is 1. The van der Waals surface area contributed by atoms with Gasteiger partial charge in [0, 0.05) is 34.2 Å². The molecule has 10 rings (SSSR count). The van der Waals surface area contributed by atoms with Crippen molar-refractivity contribution in [3.63, 3.8) is 0 Å². The fourth-order valence-corrected chi connectivity index (χ4v) is 13.3. The summed E-state index contributed by atoms with van der Waals surface area (Å²) < 4.78 is 6.98. The highest BCUT2D eigenvalue weighted by atomic mass is 16.5. The van der Waals surface area contributed by atoms with E-state index in [9.17, 15) is 0 Å². The highest BCUT2D eigenvalue weighted by Gasteiger charge is 2.57. The molecule has 0 bridgehead atoms. The van der Waals surface area contributed by atoms with Crippen molar-refractivity contribution < 1.29 is 4.74 Å². The van der Waals surface area contributed by atoms with Crippen LogP contribution < -0.4 is 10.1 Å². The maximum atomic E-state index is 6.98. The van der Waals surface area contributed by atoms with Crippen LogP contribution in [-0.4, -0.2) is 17.0 Å². The minimum Gasteiger partial charge on any atom is -0.483 e. The second-order valence-corrected chi connectivity index (χ2v) is 21.3. The van der Waals surface area contributed by atoms with E-state index in [4.69, 9.17) is 9.73 Å². The van der Waals surface area contributed by atoms with E-state index in [1.807, 2.05) is 0 Å². The van der Waals surface area contributed by atoms with E-state index in [1.54, 1.807) is 11.1 Å². The summed E-state index contributed by atoms with van der Waals surface area (Å²) in [6, 6.07) is 9.05. The maximum absolute atomic E-state index is 6.98. The third-order valence-electron chi connectivity index (χ3n) is 17.1. The van der Waals surface area contributed by atoms with Crippen LogP contribution in [0.3, 0.4) is 0 Å². The summed E-state index contributed by atoms with van der Waals surface area (Å²) in [4.78, 5) is 5.67. The third-order valence-corrected chi connectivity index (χ3v) is 17.1. The molecule has 0 saturated carbocycles. The zero-order valence-corrected chi connectivity index (χ0v) is 38.7. The Labute approximate surface area is 374 Å². The number of aliphatic imine (C=N–C) groups is 1. The lowest BCUT2D eigenvalue weighted by Crippen LogP contribution is -2.56. The number of para-hydroxylation sites is 1. The van der Waals surface area contributed by atoms with Gasteiger partial charge in [0.05, 0.1) is 5.41 Å². The summed E-state index contributed by atoms with van der Waals surface area (Å²) >= 11 is 0. The summed E-state index contributed by atoms with van der Waals surface area (Å²) in [5, 5.41) is 4.09. The quantitative estimate of drug-likeness (QED) is 0.278. The molecular formula is C59H72N2O. The van der Waals surface area contributed by atoms with Crippen molar-refractivity contribution in [3.05, 3.63) is 160 Å². The Morgan fingerprint density at radius 2 is 1.60 bits per heavy atom. The van der Waals surface area contributed by atoms with Gasteiger partial charge in [0.1, 0.15) is 17.0 Å². The molecule has 9 aliphatic rings. The van der Waals surface area contributed by atoms with E-state index >= 15 is 0 Å². The first kappa shape index (κ1) is 41.6. The van der Waals surface area contributed by atoms with E-state index in [1.165, 1.54) is 103 Å². The Morgan fingerprint density at radius 1 is 0.774 bits per heavy atom. The Balaban J connectivity index is 0.900. The van der Waals surface area contributed by atoms with Crippen LogP contribution in [0.25, 0.3) is 0 Å². The number of fused-ring (bicyclic) bond motifs is 2. The van der Waals surface area contributed by atoms with Crippen molar-refractivity contribution in [2.45, 2.75) is 155 Å². The number of hydrogen-bond donors (Lipinski definition) is 1. The molecule has 1 aromatic carbocycles. The lowest BCUT2D eigenvalue weighted by atomic mass is 9.52. The van der Waals surface area contributed by atoms with Gasteiger partial charge in [0.25, 0.3) is 0 Å². The molecule has 7 aliphatic carbocycles. The van der Waals surface area contributed by atoms with Crippen LogP contribution in [0.15, 0.2) is 159 Å². The van der Waals surface area contributed by atoms with Crippen LogP contribution in [0.4, 0.5) is 0 Å². The lowest BCUT2D eigenvalue weighted by molar-refractivity contribution is 0.0688. The predicted molar refractivity (Wildman–Crippen MR) is 260 cm³/mol. The van der Waals surface area contributed by atoms with Gasteiger partial charge in [-0.2, -0.15) is 0 Å². The summed E-state index contributed by atoms with van der Waals surface area (Å²) in [5.74, 6) is 3.41. The van der Waals surface area contributed by atoms with Crippen LogP contribution in [0.1, 0.15) is 143 Å². The van der Waals surface area contributed by atoms with Crippen LogP contribution in [-0.2, 0) is 5.41 Å². The second-order valence-electron chi connectivity index (χ2n) is 21.3. The molecule has 0 spiro atoms. The van der Waals surface area contributed by atoms with Gasteiger partial charge in [-0.05, 0) is 169 Å². The molecule has 0 radical (unpaired) electrons. The first-order valence-electron chi connectivity index (χ1n) is 24.8. The van der Waals surface area contributed by atoms with Gasteiger partial charge in [0.2, 0.25) is 0 Å². The predicted octanol–water partition coefficient (Wildman–Crippen LogP) is 15.0. The molecule has 62 heavy (non-hydrogen) atoms. The van der Waals surface area contributed by atoms with Gasteiger partial charge in [-0.25, -0.2) is 0 Å². The Morgan fingerprint density at radius 3 is 2.32 bits per heavy atom. The Bertz CT molecular complexity index is 2360. The van der Waals surface area contributed by atoms with E-state index in [0.717, 1.165) is 44.3 Å². The zero-order chi connectivity index (χ0) is 42.7. The van der Waals surface area contributed by atoms with Gasteiger partial charge in [0.15, 0.2) is 0 Å². The number of hydrogen-bond acceptors (Lipinski definition) is 3. The summed E-state index contributed by atoms with van der Waals surface area (Å²) in [7, 11) is 0. The molecule has 9 atom stereocenters. The summed E-state index contributed by atoms with van der Waals surface area (Å²) in [6.45, 7) is 14.3. The highest BCUT2D eigenvalue weighted by Crippen LogP contribution is 2.61. The molecule has 2 aliphatic heterocycles. The molecule has 1 N–H and O–H groups in total. The molecule has 0 fully saturated rings. The third kappa shape index (κ3) is 7.03. The van der Waals surface area contributed by atoms with Gasteiger partial charge in [-0.15, -0.1) is 0 Å². The standard InChI is InChI=1S/C59H72N2O/c1-40-22-24-45(25-23-40)54-42(3)55(61-58(6,60-54)56(4)36-14-8-15-37-56)46-28-26-43(27-29-46)47-32-35-50(41(2)39-47)44-30-33-49(34-31-44)59(48-17-9-7-10-18-48)51-19-11-12-20-52(51)62-57(5)38-16-13-21-53(57)59/h11-12,14,17,19-22,24,26,28-33,35-36,40-41,43,45,49,61H,7-10,13,15-16,18,23,25,27,34,37-39H2,1-6H3/t40-,41?,43?,45?,49?,56?,57-,58?,59?/m1/s1. The molecule has 0 aromatic heterocycles. The molecule has 2 heterocycles. The molecule has 0 saturated heterocycles. The first-order valence-corrected chi connectivity index (χ1v) is 24.8. The number of benzene rings is 1. The molecule has 3 heteroatoms. The van der Waals surface area contributed by atoms with Crippen molar-refractivity contribution in [1.82, 2.24) is 5.32 Å². The van der Waals surface area contributed by atoms with Crippen molar-refractivity contribution >= 4 is 5.71 Å². The molecule has 0 amide bonds. The average molecular weight is 825 g/mol. The van der Waals surface area contributed by atoms with E-state index < -0.39 is 5.66 Å². The minimum atomic E-state index is -0.391. The van der Waals surface area contributed by atoms with Crippen LogP contribution in [0.5, 0.6) is 5.75 Å². The van der Waals surface area contributed by atoms with Crippen LogP contribution in [0.2, 0.25) is 0 Å². The normalized spacial score (nSPS) is 37.9. The van der Waals surface area contributed by atoms with Gasteiger partial charge in [-0.1, -0.05) is 135 Å². The average Bonchev–Trinajstić information content (AvgIpc) is 3.30. The van der Waals surface area contributed by atoms with Gasteiger partial charge >= 0.3 is 0 Å². The largest absolute Gasteiger partial charge is 0.483 e. The van der Waals surface area contributed by atoms with Gasteiger partial charge < -0.3 is 10.1 Å². The first-order chi connectivity index (χ1) is 30.0. The number of ether oxygens (including phenoxy) is 1. The fraction of sp³-hybridized carbons (Fsp3) is 0.508. The summed E-state index contributed by atoms with van der Waals surface area (Å²) in [6.07, 6.45) is 52.6. The topological polar surface area (TPSA) is 33.6 Å². The lowest BCUT2D eigenvalue weighted by Gasteiger charge is -2.56. The zero-order valence-electron chi connectivity index (χ0n) is 38.7. The van der Waals surface area contributed by atoms with Crippen LogP contribution in [0, 0.1) is 35.0 Å². The molecule has 324 valence electrons. The van der Waals surface area contributed by atoms with Crippen molar-refractivity contribution in [2.75, 3.05) is 0 Å². The number of allylic oxidation sites excluding steroid dienone is 18. The summed E-state index contributed by atoms with van der Waals surface area (Å²) in [5.41, 5.74) is 13.5. The second kappa shape index (κ2) is 16.3. The van der Waals surface area contributed by atoms with E-state index in [2.05, 4.69) is 156 Å². The Hall–Kier alpha value is -4.37. The number of rotatable bonds is 7. The Kier molecular flexibility index (Phi) is 11.0. The van der Waals surface area contributed by atoms with Gasteiger partial charge in [-0.3, -0.25) is 4.99 Å². The monoisotopic (exact) mass is 825 g/mol. The smallest absolute Gasteiger partial charge is 0.135 e. The fourth-order valence-electron chi connectivity index (χ4n) is 13.3. The molecule has 3 nitrogen and oxygen atoms in total. The minimum absolute atomic E-state index is 0.0362.